The molecule has 0 fully saturated rings. The Balaban J connectivity index is 1.97. The van der Waals surface area contributed by atoms with Crippen molar-refractivity contribution in [3.8, 4) is 39.7 Å². The van der Waals surface area contributed by atoms with Crippen molar-refractivity contribution < 1.29 is 19.5 Å². The molecule has 7 heteroatoms. The summed E-state index contributed by atoms with van der Waals surface area (Å²) in [5.41, 5.74) is 3.07. The van der Waals surface area contributed by atoms with Gasteiger partial charge in [-0.15, -0.1) is 0 Å². The van der Waals surface area contributed by atoms with E-state index in [0.717, 1.165) is 11.1 Å². The number of nitrogens with zero attached hydrogens (tertiary/aromatic N) is 1. The molecule has 28 heavy (non-hydrogen) atoms. The molecule has 0 aliphatic carbocycles. The van der Waals surface area contributed by atoms with Crippen LogP contribution in [-0.4, -0.2) is 24.9 Å². The first-order valence-electron chi connectivity index (χ1n) is 8.54. The van der Waals surface area contributed by atoms with Gasteiger partial charge in [0.15, 0.2) is 0 Å². The molecule has 0 saturated heterocycles. The van der Waals surface area contributed by atoms with Gasteiger partial charge in [0.1, 0.15) is 11.6 Å². The lowest BCUT2D eigenvalue weighted by atomic mass is 10.1. The molecule has 0 aliphatic heterocycles. The molecule has 0 unspecified atom stereocenters. The third-order valence-corrected chi connectivity index (χ3v) is 5.40. The first kappa shape index (κ1) is 18.2. The number of aromatic amines is 1. The van der Waals surface area contributed by atoms with E-state index in [-0.39, 0.29) is 11.1 Å². The lowest BCUT2D eigenvalue weighted by Gasteiger charge is -2.11. The lowest BCUT2D eigenvalue weighted by Crippen LogP contribution is -2.08. The van der Waals surface area contributed by atoms with Crippen molar-refractivity contribution in [2.75, 3.05) is 0 Å². The summed E-state index contributed by atoms with van der Waals surface area (Å²) in [6.45, 7) is 0. The molecule has 0 atom stereocenters. The first-order valence-corrected chi connectivity index (χ1v) is 10.1. The average molecular weight is 392 g/mol. The number of hydrogen-bond acceptors (Lipinski definition) is 3. The van der Waals surface area contributed by atoms with E-state index >= 15 is 0 Å². The zero-order valence-corrected chi connectivity index (χ0v) is 15.5. The van der Waals surface area contributed by atoms with Gasteiger partial charge < -0.3 is 19.9 Å². The second-order valence-electron chi connectivity index (χ2n) is 6.28. The molecule has 0 saturated carbocycles. The highest BCUT2D eigenvalue weighted by Crippen LogP contribution is 2.40. The Bertz CT molecular complexity index is 1160. The zero-order valence-electron chi connectivity index (χ0n) is 14.6. The number of aromatic hydroxyl groups is 1. The van der Waals surface area contributed by atoms with Gasteiger partial charge in [0.2, 0.25) is 0 Å². The fourth-order valence-electron chi connectivity index (χ4n) is 3.07. The monoisotopic (exact) mass is 392 g/mol. The topological polar surface area (TPSA) is 106 Å². The summed E-state index contributed by atoms with van der Waals surface area (Å²) in [6, 6.07) is 22.4. The Morgan fingerprint density at radius 1 is 0.786 bits per heavy atom. The minimum atomic E-state index is -4.48. The van der Waals surface area contributed by atoms with Gasteiger partial charge in [-0.1, -0.05) is 48.5 Å². The Kier molecular flexibility index (Phi) is 4.61. The summed E-state index contributed by atoms with van der Waals surface area (Å²) in [7, 11) is -4.48. The molecule has 4 rings (SSSR count). The van der Waals surface area contributed by atoms with E-state index < -0.39 is 7.60 Å². The van der Waals surface area contributed by atoms with Crippen molar-refractivity contribution >= 4 is 12.9 Å². The summed E-state index contributed by atoms with van der Waals surface area (Å²) in [6.07, 6.45) is 0. The van der Waals surface area contributed by atoms with E-state index in [1.807, 2.05) is 30.3 Å². The number of aromatic nitrogens is 2. The van der Waals surface area contributed by atoms with Gasteiger partial charge in [-0.25, -0.2) is 4.98 Å². The van der Waals surface area contributed by atoms with E-state index in [0.29, 0.717) is 22.8 Å². The number of phenols is 1. The molecule has 0 bridgehead atoms. The third-order valence-electron chi connectivity index (χ3n) is 4.38. The van der Waals surface area contributed by atoms with Crippen LogP contribution in [0, 0.1) is 0 Å². The van der Waals surface area contributed by atoms with Crippen molar-refractivity contribution in [2.24, 2.45) is 0 Å². The molecule has 3 aromatic carbocycles. The van der Waals surface area contributed by atoms with Crippen LogP contribution >= 0.6 is 7.60 Å². The van der Waals surface area contributed by atoms with Gasteiger partial charge in [0, 0.05) is 16.7 Å². The van der Waals surface area contributed by atoms with Crippen molar-refractivity contribution in [3.05, 3.63) is 78.9 Å². The van der Waals surface area contributed by atoms with Crippen LogP contribution in [-0.2, 0) is 4.57 Å². The number of benzene rings is 3. The predicted octanol–water partition coefficient (Wildman–Crippen LogP) is 3.92. The largest absolute Gasteiger partial charge is 0.508 e. The van der Waals surface area contributed by atoms with Crippen LogP contribution in [0.25, 0.3) is 33.9 Å². The Morgan fingerprint density at radius 2 is 1.43 bits per heavy atom. The Morgan fingerprint density at radius 3 is 2.11 bits per heavy atom. The molecule has 4 aromatic rings. The van der Waals surface area contributed by atoms with Gasteiger partial charge in [0.05, 0.1) is 16.7 Å². The SMILES string of the molecule is O=P(O)(O)c1ccccc1-c1[nH]c(-c2ccc(O)cc2)nc1-c1ccccc1. The van der Waals surface area contributed by atoms with Crippen molar-refractivity contribution in [1.29, 1.82) is 0 Å². The quantitative estimate of drug-likeness (QED) is 0.394. The number of hydrogen-bond donors (Lipinski definition) is 4. The third kappa shape index (κ3) is 3.49. The first-order chi connectivity index (χ1) is 13.4. The van der Waals surface area contributed by atoms with E-state index in [9.17, 15) is 19.5 Å². The number of imidazole rings is 1. The van der Waals surface area contributed by atoms with Gasteiger partial charge in [-0.05, 0) is 30.3 Å². The second kappa shape index (κ2) is 7.09. The lowest BCUT2D eigenvalue weighted by molar-refractivity contribution is 0.387. The fourth-order valence-corrected chi connectivity index (χ4v) is 3.85. The maximum Gasteiger partial charge on any atom is 0.356 e. The number of rotatable bonds is 4. The highest BCUT2D eigenvalue weighted by atomic mass is 31.2. The zero-order chi connectivity index (χ0) is 19.7. The average Bonchev–Trinajstić information content (AvgIpc) is 3.14. The van der Waals surface area contributed by atoms with Gasteiger partial charge in [-0.3, -0.25) is 4.57 Å². The molecule has 1 heterocycles. The smallest absolute Gasteiger partial charge is 0.356 e. The predicted molar refractivity (Wildman–Crippen MR) is 108 cm³/mol. The second-order valence-corrected chi connectivity index (χ2v) is 7.85. The van der Waals surface area contributed by atoms with Gasteiger partial charge in [0.25, 0.3) is 0 Å². The molecule has 0 radical (unpaired) electrons. The number of phenolic OH excluding ortho intramolecular Hbond substituents is 1. The van der Waals surface area contributed by atoms with Crippen LogP contribution in [0.4, 0.5) is 0 Å². The van der Waals surface area contributed by atoms with Crippen LogP contribution in [0.2, 0.25) is 0 Å². The normalized spacial score (nSPS) is 11.5. The maximum absolute atomic E-state index is 12.0. The Labute approximate surface area is 161 Å². The summed E-state index contributed by atoms with van der Waals surface area (Å²) in [4.78, 5) is 27.5. The van der Waals surface area contributed by atoms with Gasteiger partial charge >= 0.3 is 7.60 Å². The molecule has 4 N–H and O–H groups in total. The van der Waals surface area contributed by atoms with E-state index in [1.54, 1.807) is 42.5 Å². The summed E-state index contributed by atoms with van der Waals surface area (Å²) in [5.74, 6) is 0.681. The van der Waals surface area contributed by atoms with E-state index in [2.05, 4.69) is 9.97 Å². The van der Waals surface area contributed by atoms with Crippen LogP contribution in [0.5, 0.6) is 5.75 Å². The summed E-state index contributed by atoms with van der Waals surface area (Å²) in [5, 5.41) is 9.47. The number of H-pyrrole nitrogens is 1. The fraction of sp³-hybridized carbons (Fsp3) is 0. The van der Waals surface area contributed by atoms with Crippen molar-refractivity contribution in [3.63, 3.8) is 0 Å². The highest BCUT2D eigenvalue weighted by Gasteiger charge is 2.25. The van der Waals surface area contributed by atoms with E-state index in [1.165, 1.54) is 6.07 Å². The van der Waals surface area contributed by atoms with Gasteiger partial charge in [-0.2, -0.15) is 0 Å². The molecular formula is C21H17N2O4P. The van der Waals surface area contributed by atoms with E-state index in [4.69, 9.17) is 0 Å². The van der Waals surface area contributed by atoms with Crippen LogP contribution in [0.3, 0.4) is 0 Å². The number of nitrogens with one attached hydrogen (secondary N) is 1. The van der Waals surface area contributed by atoms with Crippen LogP contribution < -0.4 is 5.30 Å². The summed E-state index contributed by atoms with van der Waals surface area (Å²) >= 11 is 0. The van der Waals surface area contributed by atoms with Crippen LogP contribution in [0.1, 0.15) is 0 Å². The van der Waals surface area contributed by atoms with Crippen molar-refractivity contribution in [2.45, 2.75) is 0 Å². The standard InChI is InChI=1S/C21H17N2O4P/c24-16-12-10-15(11-13-16)21-22-19(14-6-2-1-3-7-14)20(23-21)17-8-4-5-9-18(17)28(25,26)27/h1-13,24H,(H,22,23)(H2,25,26,27). The van der Waals surface area contributed by atoms with Crippen LogP contribution in [0.15, 0.2) is 78.9 Å². The molecule has 0 amide bonds. The Hall–Kier alpha value is -3.18. The molecule has 6 nitrogen and oxygen atoms in total. The maximum atomic E-state index is 12.0. The molecule has 140 valence electrons. The molecule has 0 spiro atoms. The molecule has 1 aromatic heterocycles. The minimum absolute atomic E-state index is 0.0620. The van der Waals surface area contributed by atoms with Crippen molar-refractivity contribution in [1.82, 2.24) is 9.97 Å². The summed E-state index contributed by atoms with van der Waals surface area (Å²) < 4.78 is 12.0. The minimum Gasteiger partial charge on any atom is -0.508 e. The molecule has 0 aliphatic rings. The molecular weight excluding hydrogens is 375 g/mol. The highest BCUT2D eigenvalue weighted by molar-refractivity contribution is 7.60.